The number of rotatable bonds is 5. The van der Waals surface area contributed by atoms with Gasteiger partial charge in [0.2, 0.25) is 0 Å². The van der Waals surface area contributed by atoms with Crippen LogP contribution in [0.1, 0.15) is 18.0 Å². The lowest BCUT2D eigenvalue weighted by atomic mass is 10.0. The van der Waals surface area contributed by atoms with Gasteiger partial charge in [-0.05, 0) is 17.7 Å². The van der Waals surface area contributed by atoms with Crippen molar-refractivity contribution in [2.75, 3.05) is 5.32 Å². The van der Waals surface area contributed by atoms with Crippen LogP contribution in [0, 0.1) is 11.6 Å². The minimum absolute atomic E-state index is 0.0215. The van der Waals surface area contributed by atoms with E-state index in [9.17, 15) is 8.78 Å². The van der Waals surface area contributed by atoms with Crippen LogP contribution in [0.25, 0.3) is 0 Å². The van der Waals surface area contributed by atoms with Gasteiger partial charge in [0.25, 0.3) is 0 Å². The van der Waals surface area contributed by atoms with E-state index in [-0.39, 0.29) is 24.0 Å². The topological polar surface area (TPSA) is 70.6 Å². The average Bonchev–Trinajstić information content (AvgIpc) is 2.46. The highest BCUT2D eigenvalue weighted by atomic mass is 19.1. The molecule has 4 N–H and O–H groups in total. The number of nitrogens with one attached hydrogen (secondary N) is 1. The van der Waals surface area contributed by atoms with Crippen molar-refractivity contribution < 1.29 is 14.0 Å². The molecule has 0 bridgehead atoms. The molecule has 4 nitrogen and oxygen atoms in total. The van der Waals surface area contributed by atoms with Gasteiger partial charge in [-0.1, -0.05) is 35.5 Å². The molecule has 21 heavy (non-hydrogen) atoms. The lowest BCUT2D eigenvalue weighted by Gasteiger charge is -2.20. The predicted octanol–water partition coefficient (Wildman–Crippen LogP) is 3.25. The number of hydrogen-bond acceptors (Lipinski definition) is 3. The molecule has 0 saturated carbocycles. The highest BCUT2D eigenvalue weighted by Crippen LogP contribution is 2.23. The fourth-order valence-corrected chi connectivity index (χ4v) is 2.03. The van der Waals surface area contributed by atoms with Gasteiger partial charge in [0.05, 0.1) is 6.04 Å². The van der Waals surface area contributed by atoms with Gasteiger partial charge in [-0.3, -0.25) is 0 Å². The molecule has 0 spiro atoms. The molecule has 0 radical (unpaired) electrons. The van der Waals surface area contributed by atoms with Crippen molar-refractivity contribution >= 4 is 11.5 Å². The second kappa shape index (κ2) is 6.69. The monoisotopic (exact) mass is 291 g/mol. The molecule has 0 aliphatic heterocycles. The molecule has 0 aliphatic rings. The molecule has 2 rings (SSSR count). The highest BCUT2D eigenvalue weighted by Gasteiger charge is 2.14. The normalized spacial score (nSPS) is 13.0. The molecule has 0 aromatic heterocycles. The van der Waals surface area contributed by atoms with E-state index >= 15 is 0 Å². The standard InChI is InChI=1S/C15H15F2N3O/c16-11-6-12(17)8-13(7-11)19-14(9-15(18)20-21)10-4-2-1-3-5-10/h1-8,14,19,21H,9H2,(H2,18,20). The van der Waals surface area contributed by atoms with Crippen molar-refractivity contribution in [2.45, 2.75) is 12.5 Å². The third kappa shape index (κ3) is 4.17. The highest BCUT2D eigenvalue weighted by molar-refractivity contribution is 5.80. The maximum atomic E-state index is 13.2. The number of oxime groups is 1. The number of benzene rings is 2. The van der Waals surface area contributed by atoms with Gasteiger partial charge in [-0.15, -0.1) is 0 Å². The third-order valence-corrected chi connectivity index (χ3v) is 2.95. The van der Waals surface area contributed by atoms with Gasteiger partial charge in [0, 0.05) is 18.2 Å². The van der Waals surface area contributed by atoms with Crippen molar-refractivity contribution in [3.05, 3.63) is 65.7 Å². The molecule has 2 aromatic rings. The van der Waals surface area contributed by atoms with Crippen molar-refractivity contribution in [2.24, 2.45) is 10.9 Å². The molecular weight excluding hydrogens is 276 g/mol. The van der Waals surface area contributed by atoms with Crippen LogP contribution >= 0.6 is 0 Å². The van der Waals surface area contributed by atoms with Crippen LogP contribution in [-0.2, 0) is 0 Å². The number of nitrogens with zero attached hydrogens (tertiary/aromatic N) is 1. The molecule has 0 fully saturated rings. The van der Waals surface area contributed by atoms with E-state index in [0.29, 0.717) is 0 Å². The summed E-state index contributed by atoms with van der Waals surface area (Å²) >= 11 is 0. The first-order valence-corrected chi connectivity index (χ1v) is 6.32. The Bertz CT molecular complexity index is 612. The van der Waals surface area contributed by atoms with Gasteiger partial charge < -0.3 is 16.3 Å². The molecule has 0 saturated heterocycles. The van der Waals surface area contributed by atoms with Crippen LogP contribution in [0.2, 0.25) is 0 Å². The molecule has 0 amide bonds. The SMILES string of the molecule is NC(CC(Nc1cc(F)cc(F)c1)c1ccccc1)=NO. The van der Waals surface area contributed by atoms with Crippen molar-refractivity contribution in [3.8, 4) is 0 Å². The Morgan fingerprint density at radius 3 is 2.33 bits per heavy atom. The summed E-state index contributed by atoms with van der Waals surface area (Å²) in [4.78, 5) is 0. The van der Waals surface area contributed by atoms with E-state index in [4.69, 9.17) is 10.9 Å². The maximum absolute atomic E-state index is 13.2. The van der Waals surface area contributed by atoms with Crippen LogP contribution in [0.4, 0.5) is 14.5 Å². The maximum Gasteiger partial charge on any atom is 0.141 e. The van der Waals surface area contributed by atoms with Crippen molar-refractivity contribution in [3.63, 3.8) is 0 Å². The lowest BCUT2D eigenvalue weighted by Crippen LogP contribution is -2.21. The zero-order valence-electron chi connectivity index (χ0n) is 11.1. The molecule has 1 unspecified atom stereocenters. The van der Waals surface area contributed by atoms with Crippen LogP contribution in [0.5, 0.6) is 0 Å². The Morgan fingerprint density at radius 1 is 1.14 bits per heavy atom. The van der Waals surface area contributed by atoms with E-state index in [0.717, 1.165) is 11.6 Å². The summed E-state index contributed by atoms with van der Waals surface area (Å²) in [7, 11) is 0. The second-order valence-corrected chi connectivity index (χ2v) is 4.56. The first-order chi connectivity index (χ1) is 10.1. The van der Waals surface area contributed by atoms with E-state index in [1.54, 1.807) is 0 Å². The predicted molar refractivity (Wildman–Crippen MR) is 77.2 cm³/mol. The molecule has 1 atom stereocenters. The number of amidine groups is 1. The zero-order valence-corrected chi connectivity index (χ0v) is 11.1. The number of nitrogens with two attached hydrogens (primary N) is 1. The van der Waals surface area contributed by atoms with Gasteiger partial charge in [0.1, 0.15) is 17.5 Å². The Hall–Kier alpha value is -2.63. The van der Waals surface area contributed by atoms with Gasteiger partial charge in [-0.25, -0.2) is 8.78 Å². The van der Waals surface area contributed by atoms with E-state index in [1.807, 2.05) is 30.3 Å². The molecule has 110 valence electrons. The zero-order chi connectivity index (χ0) is 15.2. The number of hydrogen-bond donors (Lipinski definition) is 3. The number of anilines is 1. The van der Waals surface area contributed by atoms with Crippen LogP contribution < -0.4 is 11.1 Å². The second-order valence-electron chi connectivity index (χ2n) is 4.56. The van der Waals surface area contributed by atoms with E-state index in [1.165, 1.54) is 12.1 Å². The summed E-state index contributed by atoms with van der Waals surface area (Å²) < 4.78 is 26.5. The van der Waals surface area contributed by atoms with Crippen LogP contribution in [0.15, 0.2) is 53.7 Å². The Morgan fingerprint density at radius 2 is 1.76 bits per heavy atom. The molecule has 0 heterocycles. The first-order valence-electron chi connectivity index (χ1n) is 6.32. The first kappa shape index (κ1) is 14.8. The molecule has 2 aromatic carbocycles. The summed E-state index contributed by atoms with van der Waals surface area (Å²) in [6.45, 7) is 0. The van der Waals surface area contributed by atoms with Gasteiger partial charge >= 0.3 is 0 Å². The molecular formula is C15H15F2N3O. The van der Waals surface area contributed by atoms with Crippen LogP contribution in [0.3, 0.4) is 0 Å². The summed E-state index contributed by atoms with van der Waals surface area (Å²) in [5.74, 6) is -1.32. The fourth-order valence-electron chi connectivity index (χ4n) is 2.03. The van der Waals surface area contributed by atoms with E-state index in [2.05, 4.69) is 10.5 Å². The fraction of sp³-hybridized carbons (Fsp3) is 0.133. The van der Waals surface area contributed by atoms with Crippen LogP contribution in [-0.4, -0.2) is 11.0 Å². The summed E-state index contributed by atoms with van der Waals surface area (Å²) in [6, 6.07) is 12.0. The Balaban J connectivity index is 2.27. The quantitative estimate of drug-likeness (QED) is 0.343. The van der Waals surface area contributed by atoms with E-state index < -0.39 is 11.6 Å². The third-order valence-electron chi connectivity index (χ3n) is 2.95. The lowest BCUT2D eigenvalue weighted by molar-refractivity contribution is 0.316. The van der Waals surface area contributed by atoms with Crippen molar-refractivity contribution in [1.29, 1.82) is 0 Å². The minimum atomic E-state index is -0.673. The average molecular weight is 291 g/mol. The molecule has 6 heteroatoms. The van der Waals surface area contributed by atoms with Crippen molar-refractivity contribution in [1.82, 2.24) is 0 Å². The van der Waals surface area contributed by atoms with Gasteiger partial charge in [0.15, 0.2) is 0 Å². The Kier molecular flexibility index (Phi) is 4.71. The summed E-state index contributed by atoms with van der Waals surface area (Å²) in [5.41, 5.74) is 6.68. The smallest absolute Gasteiger partial charge is 0.141 e. The molecule has 0 aliphatic carbocycles. The van der Waals surface area contributed by atoms with Gasteiger partial charge in [-0.2, -0.15) is 0 Å². The number of halogens is 2. The minimum Gasteiger partial charge on any atom is -0.409 e. The summed E-state index contributed by atoms with van der Waals surface area (Å²) in [6.07, 6.45) is 0.193. The summed E-state index contributed by atoms with van der Waals surface area (Å²) in [5, 5.41) is 14.6. The Labute approximate surface area is 120 Å². The largest absolute Gasteiger partial charge is 0.409 e.